The minimum absolute atomic E-state index is 0.283. The summed E-state index contributed by atoms with van der Waals surface area (Å²) in [5.41, 5.74) is 8.36. The summed E-state index contributed by atoms with van der Waals surface area (Å²) in [7, 11) is 0. The van der Waals surface area contributed by atoms with Gasteiger partial charge in [-0.2, -0.15) is 0 Å². The van der Waals surface area contributed by atoms with Crippen LogP contribution in [0.15, 0.2) is 127 Å². The molecule has 2 heteroatoms. The fourth-order valence-electron chi connectivity index (χ4n) is 3.93. The van der Waals surface area contributed by atoms with Gasteiger partial charge in [-0.1, -0.05) is 91.0 Å². The molecule has 5 rings (SSSR count). The third kappa shape index (κ3) is 4.12. The normalized spacial score (nSPS) is 10.6. The number of hydrogen-bond donors (Lipinski definition) is 2. The molecule has 0 aliphatic heterocycles. The fourth-order valence-corrected chi connectivity index (χ4v) is 3.93. The van der Waals surface area contributed by atoms with Crippen LogP contribution in [0.4, 0.5) is 11.4 Å². The Balaban J connectivity index is 1.60. The number of nitrogens with one attached hydrogen (secondary N) is 1. The van der Waals surface area contributed by atoms with Crippen molar-refractivity contribution in [2.24, 2.45) is 0 Å². The molecule has 2 N–H and O–H groups in total. The predicted octanol–water partition coefficient (Wildman–Crippen LogP) is 8.14. The van der Waals surface area contributed by atoms with Crippen molar-refractivity contribution in [1.82, 2.24) is 0 Å². The highest BCUT2D eigenvalue weighted by atomic mass is 16.3. The predicted molar refractivity (Wildman–Crippen MR) is 134 cm³/mol. The van der Waals surface area contributed by atoms with Gasteiger partial charge < -0.3 is 10.4 Å². The van der Waals surface area contributed by atoms with E-state index in [1.807, 2.05) is 60.7 Å². The van der Waals surface area contributed by atoms with Gasteiger partial charge >= 0.3 is 0 Å². The Morgan fingerprint density at radius 1 is 0.438 bits per heavy atom. The van der Waals surface area contributed by atoms with Crippen LogP contribution in [0.5, 0.6) is 5.75 Å². The first kappa shape index (κ1) is 19.7. The Labute approximate surface area is 188 Å². The van der Waals surface area contributed by atoms with Gasteiger partial charge in [0.05, 0.1) is 0 Å². The molecule has 154 valence electrons. The highest BCUT2D eigenvalue weighted by Crippen LogP contribution is 2.37. The standard InChI is InChI=1S/C30H23NO/c32-30-19-17-25(21-28(30)23-12-6-2-7-13-23)24-16-18-29(31-26-14-8-3-9-15-26)27(20-24)22-10-4-1-5-11-22/h1-21,31-32H. The summed E-state index contributed by atoms with van der Waals surface area (Å²) in [6.45, 7) is 0. The Hall–Kier alpha value is -4.30. The molecule has 0 bridgehead atoms. The largest absolute Gasteiger partial charge is 0.507 e. The first-order valence-electron chi connectivity index (χ1n) is 10.7. The van der Waals surface area contributed by atoms with Crippen LogP contribution in [0.1, 0.15) is 0 Å². The van der Waals surface area contributed by atoms with E-state index in [4.69, 9.17) is 0 Å². The first-order chi connectivity index (χ1) is 15.8. The van der Waals surface area contributed by atoms with Crippen molar-refractivity contribution in [2.75, 3.05) is 5.32 Å². The minimum Gasteiger partial charge on any atom is -0.507 e. The second kappa shape index (κ2) is 8.83. The van der Waals surface area contributed by atoms with Crippen molar-refractivity contribution in [3.05, 3.63) is 127 Å². The van der Waals surface area contributed by atoms with Gasteiger partial charge in [0.25, 0.3) is 0 Å². The molecule has 0 aliphatic carbocycles. The molecule has 2 nitrogen and oxygen atoms in total. The number of benzene rings is 5. The van der Waals surface area contributed by atoms with Crippen molar-refractivity contribution in [1.29, 1.82) is 0 Å². The molecular weight excluding hydrogens is 390 g/mol. The summed E-state index contributed by atoms with van der Waals surface area (Å²) < 4.78 is 0. The van der Waals surface area contributed by atoms with Crippen LogP contribution in [0.25, 0.3) is 33.4 Å². The summed E-state index contributed by atoms with van der Waals surface area (Å²) >= 11 is 0. The minimum atomic E-state index is 0.283. The van der Waals surface area contributed by atoms with Gasteiger partial charge in [-0.3, -0.25) is 0 Å². The van der Waals surface area contributed by atoms with Crippen LogP contribution in [0, 0.1) is 0 Å². The maximum atomic E-state index is 10.5. The number of anilines is 2. The lowest BCUT2D eigenvalue weighted by Crippen LogP contribution is -1.94. The van der Waals surface area contributed by atoms with Crippen LogP contribution >= 0.6 is 0 Å². The molecule has 0 heterocycles. The van der Waals surface area contributed by atoms with E-state index in [1.165, 1.54) is 0 Å². The zero-order chi connectivity index (χ0) is 21.8. The summed E-state index contributed by atoms with van der Waals surface area (Å²) in [6, 6.07) is 42.8. The van der Waals surface area contributed by atoms with Gasteiger partial charge in [0.2, 0.25) is 0 Å². The first-order valence-corrected chi connectivity index (χ1v) is 10.7. The summed E-state index contributed by atoms with van der Waals surface area (Å²) in [4.78, 5) is 0. The Bertz CT molecular complexity index is 1330. The number of aromatic hydroxyl groups is 1. The monoisotopic (exact) mass is 413 g/mol. The van der Waals surface area contributed by atoms with Crippen molar-refractivity contribution in [3.63, 3.8) is 0 Å². The SMILES string of the molecule is Oc1ccc(-c2ccc(Nc3ccccc3)c(-c3ccccc3)c2)cc1-c1ccccc1. The fraction of sp³-hybridized carbons (Fsp3) is 0. The van der Waals surface area contributed by atoms with E-state index in [-0.39, 0.29) is 5.75 Å². The molecule has 0 saturated carbocycles. The van der Waals surface area contributed by atoms with Gasteiger partial charge in [0.15, 0.2) is 0 Å². The molecular formula is C30H23NO. The summed E-state index contributed by atoms with van der Waals surface area (Å²) in [6.07, 6.45) is 0. The molecule has 0 unspecified atom stereocenters. The molecule has 5 aromatic carbocycles. The topological polar surface area (TPSA) is 32.3 Å². The lowest BCUT2D eigenvalue weighted by atomic mass is 9.94. The van der Waals surface area contributed by atoms with E-state index in [2.05, 4.69) is 66.0 Å². The van der Waals surface area contributed by atoms with Crippen molar-refractivity contribution in [3.8, 4) is 39.1 Å². The zero-order valence-corrected chi connectivity index (χ0v) is 17.6. The third-order valence-corrected chi connectivity index (χ3v) is 5.57. The van der Waals surface area contributed by atoms with Gasteiger partial charge in [-0.15, -0.1) is 0 Å². The molecule has 0 amide bonds. The quantitative estimate of drug-likeness (QED) is 0.305. The van der Waals surface area contributed by atoms with Gasteiger partial charge in [-0.05, 0) is 58.7 Å². The van der Waals surface area contributed by atoms with E-state index in [1.54, 1.807) is 6.07 Å². The molecule has 0 spiro atoms. The highest BCUT2D eigenvalue weighted by molar-refractivity contribution is 5.86. The second-order valence-corrected chi connectivity index (χ2v) is 7.72. The van der Waals surface area contributed by atoms with Crippen LogP contribution in [-0.4, -0.2) is 5.11 Å². The van der Waals surface area contributed by atoms with E-state index in [0.29, 0.717) is 0 Å². The van der Waals surface area contributed by atoms with Gasteiger partial charge in [0.1, 0.15) is 5.75 Å². The number of phenols is 1. The van der Waals surface area contributed by atoms with Gasteiger partial charge in [0, 0.05) is 22.5 Å². The molecule has 0 aromatic heterocycles. The molecule has 0 radical (unpaired) electrons. The van der Waals surface area contributed by atoms with Crippen LogP contribution in [0.3, 0.4) is 0 Å². The molecule has 5 aromatic rings. The molecule has 0 saturated heterocycles. The van der Waals surface area contributed by atoms with E-state index >= 15 is 0 Å². The summed E-state index contributed by atoms with van der Waals surface area (Å²) in [5.74, 6) is 0.283. The number of hydrogen-bond acceptors (Lipinski definition) is 2. The van der Waals surface area contributed by atoms with E-state index in [9.17, 15) is 5.11 Å². The van der Waals surface area contributed by atoms with Gasteiger partial charge in [-0.25, -0.2) is 0 Å². The molecule has 0 atom stereocenters. The van der Waals surface area contributed by atoms with Crippen LogP contribution in [0.2, 0.25) is 0 Å². The van der Waals surface area contributed by atoms with Crippen molar-refractivity contribution < 1.29 is 5.11 Å². The Morgan fingerprint density at radius 3 is 1.56 bits per heavy atom. The van der Waals surface area contributed by atoms with Crippen molar-refractivity contribution >= 4 is 11.4 Å². The Kier molecular flexibility index (Phi) is 5.42. The number of para-hydroxylation sites is 1. The van der Waals surface area contributed by atoms with Crippen LogP contribution < -0.4 is 5.32 Å². The van der Waals surface area contributed by atoms with E-state index < -0.39 is 0 Å². The zero-order valence-electron chi connectivity index (χ0n) is 17.6. The molecule has 0 aliphatic rings. The summed E-state index contributed by atoms with van der Waals surface area (Å²) in [5, 5.41) is 14.0. The lowest BCUT2D eigenvalue weighted by molar-refractivity contribution is 0.477. The molecule has 0 fully saturated rings. The lowest BCUT2D eigenvalue weighted by Gasteiger charge is -2.15. The smallest absolute Gasteiger partial charge is 0.123 e. The number of rotatable bonds is 5. The van der Waals surface area contributed by atoms with Crippen molar-refractivity contribution in [2.45, 2.75) is 0 Å². The average Bonchev–Trinajstić information content (AvgIpc) is 2.86. The number of phenolic OH excluding ortho intramolecular Hbond substituents is 1. The van der Waals surface area contributed by atoms with Crippen LogP contribution in [-0.2, 0) is 0 Å². The second-order valence-electron chi connectivity index (χ2n) is 7.72. The average molecular weight is 414 g/mol. The Morgan fingerprint density at radius 2 is 0.938 bits per heavy atom. The maximum Gasteiger partial charge on any atom is 0.123 e. The molecule has 32 heavy (non-hydrogen) atoms. The third-order valence-electron chi connectivity index (χ3n) is 5.57. The maximum absolute atomic E-state index is 10.5. The van der Waals surface area contributed by atoms with E-state index in [0.717, 1.165) is 44.8 Å². The highest BCUT2D eigenvalue weighted by Gasteiger charge is 2.11.